The molecule has 1 fully saturated rings. The van der Waals surface area contributed by atoms with E-state index in [0.717, 1.165) is 12.3 Å². The van der Waals surface area contributed by atoms with Crippen LogP contribution in [0.25, 0.3) is 0 Å². The predicted molar refractivity (Wildman–Crippen MR) is 45.4 cm³/mol. The monoisotopic (exact) mass is 161 g/mol. The number of hydrogen-bond donors (Lipinski definition) is 2. The van der Waals surface area contributed by atoms with Gasteiger partial charge in [0.25, 0.3) is 0 Å². The van der Waals surface area contributed by atoms with Gasteiger partial charge in [0.05, 0.1) is 6.61 Å². The van der Waals surface area contributed by atoms with E-state index in [1.54, 1.807) is 0 Å². The zero-order valence-corrected chi connectivity index (χ0v) is 7.37. The molecule has 0 radical (unpaired) electrons. The van der Waals surface area contributed by atoms with Crippen molar-refractivity contribution in [2.75, 3.05) is 18.9 Å². The molecule has 1 rings (SSSR count). The molecule has 1 atom stereocenters. The Hall–Kier alpha value is 0.270. The van der Waals surface area contributed by atoms with Crippen molar-refractivity contribution in [3.63, 3.8) is 0 Å². The van der Waals surface area contributed by atoms with Crippen LogP contribution in [0.3, 0.4) is 0 Å². The van der Waals surface area contributed by atoms with Gasteiger partial charge >= 0.3 is 0 Å². The molecule has 60 valence electrons. The fourth-order valence-electron chi connectivity index (χ4n) is 0.944. The fourth-order valence-corrected chi connectivity index (χ4v) is 2.00. The van der Waals surface area contributed by atoms with Crippen LogP contribution in [0.4, 0.5) is 0 Å². The smallest absolute Gasteiger partial charge is 0.0592 e. The summed E-state index contributed by atoms with van der Waals surface area (Å²) in [5.74, 6) is 1.03. The molecule has 1 aliphatic heterocycles. The van der Waals surface area contributed by atoms with Gasteiger partial charge in [-0.2, -0.15) is 11.8 Å². The highest BCUT2D eigenvalue weighted by atomic mass is 32.2. The van der Waals surface area contributed by atoms with Crippen LogP contribution in [0, 0.1) is 0 Å². The second-order valence-corrected chi connectivity index (χ2v) is 5.06. The summed E-state index contributed by atoms with van der Waals surface area (Å²) in [6.45, 7) is 5.71. The van der Waals surface area contributed by atoms with Crippen LogP contribution < -0.4 is 5.32 Å². The maximum absolute atomic E-state index is 8.79. The molecule has 0 aromatic carbocycles. The van der Waals surface area contributed by atoms with Crippen LogP contribution in [0.1, 0.15) is 13.8 Å². The average Bonchev–Trinajstić information content (AvgIpc) is 1.88. The van der Waals surface area contributed by atoms with Gasteiger partial charge in [-0.3, -0.25) is 0 Å². The van der Waals surface area contributed by atoms with E-state index < -0.39 is 0 Å². The molecule has 3 heteroatoms. The minimum Gasteiger partial charge on any atom is -0.395 e. The Morgan fingerprint density at radius 1 is 1.70 bits per heavy atom. The molecule has 0 aromatic heterocycles. The van der Waals surface area contributed by atoms with E-state index in [4.69, 9.17) is 5.11 Å². The maximum Gasteiger partial charge on any atom is 0.0592 e. The quantitative estimate of drug-likeness (QED) is 0.586. The van der Waals surface area contributed by atoms with Gasteiger partial charge in [0.15, 0.2) is 0 Å². The van der Waals surface area contributed by atoms with Crippen molar-refractivity contribution in [3.8, 4) is 0 Å². The van der Waals surface area contributed by atoms with Gasteiger partial charge in [-0.1, -0.05) is 0 Å². The largest absolute Gasteiger partial charge is 0.395 e. The first-order valence-corrected chi connectivity index (χ1v) is 4.61. The van der Waals surface area contributed by atoms with E-state index in [1.165, 1.54) is 0 Å². The van der Waals surface area contributed by atoms with Crippen molar-refractivity contribution in [3.05, 3.63) is 0 Å². The highest BCUT2D eigenvalue weighted by Gasteiger charge is 2.25. The van der Waals surface area contributed by atoms with Crippen molar-refractivity contribution in [2.45, 2.75) is 24.6 Å². The lowest BCUT2D eigenvalue weighted by molar-refractivity contribution is 0.248. The molecule has 1 heterocycles. The number of thioether (sulfide) groups is 1. The fraction of sp³-hybridized carbons (Fsp3) is 1.00. The van der Waals surface area contributed by atoms with Gasteiger partial charge in [0.1, 0.15) is 0 Å². The maximum atomic E-state index is 8.79. The second-order valence-electron chi connectivity index (χ2n) is 3.33. The van der Waals surface area contributed by atoms with E-state index in [0.29, 0.717) is 10.8 Å². The van der Waals surface area contributed by atoms with Crippen LogP contribution in [0.2, 0.25) is 0 Å². The van der Waals surface area contributed by atoms with Gasteiger partial charge in [0, 0.05) is 23.1 Å². The SMILES string of the molecule is CC1(C)CN[C@H](CO)CS1. The number of hydrogen-bond acceptors (Lipinski definition) is 3. The number of nitrogens with one attached hydrogen (secondary N) is 1. The minimum atomic E-state index is 0.267. The van der Waals surface area contributed by atoms with Crippen LogP contribution in [-0.4, -0.2) is 34.8 Å². The summed E-state index contributed by atoms with van der Waals surface area (Å²) in [7, 11) is 0. The van der Waals surface area contributed by atoms with Gasteiger partial charge < -0.3 is 10.4 Å². The molecule has 0 aliphatic carbocycles. The first-order valence-electron chi connectivity index (χ1n) is 3.62. The van der Waals surface area contributed by atoms with Crippen molar-refractivity contribution < 1.29 is 5.11 Å². The first-order chi connectivity index (χ1) is 4.64. The Balaban J connectivity index is 2.31. The van der Waals surface area contributed by atoms with Crippen molar-refractivity contribution >= 4 is 11.8 Å². The molecule has 2 nitrogen and oxygen atoms in total. The molecule has 0 saturated carbocycles. The van der Waals surface area contributed by atoms with Gasteiger partial charge in [-0.15, -0.1) is 0 Å². The Kier molecular flexibility index (Phi) is 2.61. The summed E-state index contributed by atoms with van der Waals surface area (Å²) in [4.78, 5) is 0. The summed E-state index contributed by atoms with van der Waals surface area (Å²) in [6.07, 6.45) is 0. The van der Waals surface area contributed by atoms with Crippen LogP contribution in [-0.2, 0) is 0 Å². The Morgan fingerprint density at radius 3 is 2.80 bits per heavy atom. The Bertz CT molecular complexity index is 106. The van der Waals surface area contributed by atoms with E-state index in [1.807, 2.05) is 11.8 Å². The minimum absolute atomic E-state index is 0.267. The standard InChI is InChI=1S/C7H15NOS/c1-7(2)5-8-6(3-9)4-10-7/h6,8-9H,3-5H2,1-2H3/t6-/m1/s1. The van der Waals surface area contributed by atoms with E-state index in [-0.39, 0.29) is 6.61 Å². The highest BCUT2D eigenvalue weighted by molar-refractivity contribution is 8.00. The molecule has 1 saturated heterocycles. The average molecular weight is 161 g/mol. The number of rotatable bonds is 1. The molecule has 0 amide bonds. The lowest BCUT2D eigenvalue weighted by Crippen LogP contribution is -2.47. The lowest BCUT2D eigenvalue weighted by atomic mass is 10.2. The van der Waals surface area contributed by atoms with E-state index in [9.17, 15) is 0 Å². The van der Waals surface area contributed by atoms with E-state index in [2.05, 4.69) is 19.2 Å². The summed E-state index contributed by atoms with van der Waals surface area (Å²) < 4.78 is 0.353. The molecule has 2 N–H and O–H groups in total. The molecule has 10 heavy (non-hydrogen) atoms. The van der Waals surface area contributed by atoms with Crippen LogP contribution >= 0.6 is 11.8 Å². The molecule has 0 spiro atoms. The lowest BCUT2D eigenvalue weighted by Gasteiger charge is -2.33. The Labute approximate surface area is 66.4 Å². The van der Waals surface area contributed by atoms with Gasteiger partial charge in [-0.05, 0) is 13.8 Å². The zero-order valence-electron chi connectivity index (χ0n) is 6.55. The first kappa shape index (κ1) is 8.37. The molecule has 0 bridgehead atoms. The third-order valence-electron chi connectivity index (χ3n) is 1.71. The third kappa shape index (κ3) is 2.15. The van der Waals surface area contributed by atoms with Crippen molar-refractivity contribution in [1.82, 2.24) is 5.32 Å². The van der Waals surface area contributed by atoms with Crippen LogP contribution in [0.15, 0.2) is 0 Å². The van der Waals surface area contributed by atoms with Gasteiger partial charge in [0.2, 0.25) is 0 Å². The topological polar surface area (TPSA) is 32.3 Å². The third-order valence-corrected chi connectivity index (χ3v) is 3.21. The number of aliphatic hydroxyl groups is 1. The summed E-state index contributed by atoms with van der Waals surface area (Å²) in [6, 6.07) is 0.318. The number of aliphatic hydroxyl groups excluding tert-OH is 1. The highest BCUT2D eigenvalue weighted by Crippen LogP contribution is 2.27. The molecule has 0 aromatic rings. The molecular formula is C7H15NOS. The van der Waals surface area contributed by atoms with Crippen molar-refractivity contribution in [2.24, 2.45) is 0 Å². The van der Waals surface area contributed by atoms with Gasteiger partial charge in [-0.25, -0.2) is 0 Å². The molecule has 0 unspecified atom stereocenters. The summed E-state index contributed by atoms with van der Waals surface area (Å²) in [5, 5.41) is 12.1. The zero-order chi connectivity index (χ0) is 7.61. The Morgan fingerprint density at radius 2 is 2.40 bits per heavy atom. The second kappa shape index (κ2) is 3.11. The van der Waals surface area contributed by atoms with Crippen molar-refractivity contribution in [1.29, 1.82) is 0 Å². The summed E-state index contributed by atoms with van der Waals surface area (Å²) >= 11 is 1.93. The predicted octanol–water partition coefficient (Wildman–Crippen LogP) is 0.462. The summed E-state index contributed by atoms with van der Waals surface area (Å²) in [5.41, 5.74) is 0. The van der Waals surface area contributed by atoms with E-state index >= 15 is 0 Å². The van der Waals surface area contributed by atoms with Crippen LogP contribution in [0.5, 0.6) is 0 Å². The normalized spacial score (nSPS) is 32.1. The molecule has 1 aliphatic rings. The molecular weight excluding hydrogens is 146 g/mol.